The smallest absolute Gasteiger partial charge is 0.275 e. The van der Waals surface area contributed by atoms with Crippen LogP contribution in [-0.4, -0.2) is 22.8 Å². The van der Waals surface area contributed by atoms with Crippen LogP contribution < -0.4 is 16.4 Å². The third-order valence-corrected chi connectivity index (χ3v) is 4.49. The van der Waals surface area contributed by atoms with Crippen molar-refractivity contribution in [2.24, 2.45) is 5.73 Å². The number of nitrogens with one attached hydrogen (secondary N) is 2. The Hall–Kier alpha value is -1.96. The number of carbonyl (C=O) groups is 2. The van der Waals surface area contributed by atoms with Crippen molar-refractivity contribution in [3.63, 3.8) is 0 Å². The minimum Gasteiger partial charge on any atom is -0.349 e. The highest BCUT2D eigenvalue weighted by molar-refractivity contribution is 7.09. The Morgan fingerprint density at radius 2 is 2.08 bits per heavy atom. The van der Waals surface area contributed by atoms with Gasteiger partial charge in [0, 0.05) is 29.2 Å². The summed E-state index contributed by atoms with van der Waals surface area (Å²) in [7, 11) is 0. The summed E-state index contributed by atoms with van der Waals surface area (Å²) in [5, 5.41) is 8.14. The lowest BCUT2D eigenvalue weighted by Gasteiger charge is -2.10. The molecule has 6 nitrogen and oxygen atoms in total. The van der Waals surface area contributed by atoms with E-state index in [4.69, 9.17) is 5.73 Å². The summed E-state index contributed by atoms with van der Waals surface area (Å²) < 4.78 is 0. The van der Waals surface area contributed by atoms with Gasteiger partial charge in [0.1, 0.15) is 10.7 Å². The summed E-state index contributed by atoms with van der Waals surface area (Å²) in [5.74, 6) is -0.411. The van der Waals surface area contributed by atoms with E-state index in [1.165, 1.54) is 11.3 Å². The number of hydrogen-bond donors (Lipinski definition) is 3. The summed E-state index contributed by atoms with van der Waals surface area (Å²) in [6, 6.07) is 5.58. The van der Waals surface area contributed by atoms with Crippen LogP contribution in [0, 0.1) is 6.92 Å². The van der Waals surface area contributed by atoms with E-state index in [0.29, 0.717) is 34.5 Å². The van der Waals surface area contributed by atoms with Gasteiger partial charge in [-0.15, -0.1) is 23.7 Å². The lowest BCUT2D eigenvalue weighted by molar-refractivity contribution is 0.0949. The lowest BCUT2D eigenvalue weighted by Crippen LogP contribution is -2.25. The maximum Gasteiger partial charge on any atom is 0.275 e. The fourth-order valence-corrected chi connectivity index (χ4v) is 2.74. The molecule has 0 radical (unpaired) electrons. The highest BCUT2D eigenvalue weighted by atomic mass is 35.5. The Morgan fingerprint density at radius 3 is 2.71 bits per heavy atom. The van der Waals surface area contributed by atoms with Crippen molar-refractivity contribution in [1.82, 2.24) is 10.3 Å². The SMILES string of the molecule is Cc1ccc(C(=O)NC2CC2)cc1NC(=O)c1csc(CN)n1.Cl. The Morgan fingerprint density at radius 1 is 1.33 bits per heavy atom. The highest BCUT2D eigenvalue weighted by Gasteiger charge is 2.24. The fourth-order valence-electron chi connectivity index (χ4n) is 2.09. The number of nitrogens with zero attached hydrogens (tertiary/aromatic N) is 1. The molecule has 1 aromatic heterocycles. The van der Waals surface area contributed by atoms with Crippen molar-refractivity contribution in [2.75, 3.05) is 5.32 Å². The molecule has 1 fully saturated rings. The number of nitrogens with two attached hydrogens (primary N) is 1. The monoisotopic (exact) mass is 366 g/mol. The predicted octanol–water partition coefficient (Wildman–Crippen LogP) is 2.48. The molecule has 1 heterocycles. The number of rotatable bonds is 5. The average molecular weight is 367 g/mol. The Balaban J connectivity index is 0.00000208. The zero-order chi connectivity index (χ0) is 16.4. The van der Waals surface area contributed by atoms with Crippen LogP contribution in [0.1, 0.15) is 44.3 Å². The molecule has 0 spiro atoms. The summed E-state index contributed by atoms with van der Waals surface area (Å²) in [6.07, 6.45) is 2.07. The number of aryl methyl sites for hydroxylation is 1. The molecule has 0 aliphatic heterocycles. The maximum atomic E-state index is 12.3. The summed E-state index contributed by atoms with van der Waals surface area (Å²) in [6.45, 7) is 2.19. The van der Waals surface area contributed by atoms with E-state index in [2.05, 4.69) is 15.6 Å². The van der Waals surface area contributed by atoms with Crippen molar-refractivity contribution in [2.45, 2.75) is 32.4 Å². The molecule has 128 valence electrons. The van der Waals surface area contributed by atoms with Crippen molar-refractivity contribution in [3.8, 4) is 0 Å². The topological polar surface area (TPSA) is 97.1 Å². The van der Waals surface area contributed by atoms with Crippen molar-refractivity contribution < 1.29 is 9.59 Å². The number of anilines is 1. The van der Waals surface area contributed by atoms with Crippen LogP contribution in [0.4, 0.5) is 5.69 Å². The molecule has 8 heteroatoms. The summed E-state index contributed by atoms with van der Waals surface area (Å²) in [5.41, 5.74) is 7.88. The molecule has 3 rings (SSSR count). The van der Waals surface area contributed by atoms with Gasteiger partial charge in [-0.25, -0.2) is 4.98 Å². The standard InChI is InChI=1S/C16H18N4O2S.ClH/c1-9-2-3-10(15(21)18-11-4-5-11)6-12(9)20-16(22)13-8-23-14(7-17)19-13;/h2-3,6,8,11H,4-5,7,17H2,1H3,(H,18,21)(H,20,22);1H. The molecule has 1 aliphatic carbocycles. The number of aromatic nitrogens is 1. The van der Waals surface area contributed by atoms with Crippen molar-refractivity contribution in [3.05, 3.63) is 45.4 Å². The van der Waals surface area contributed by atoms with Gasteiger partial charge in [0.2, 0.25) is 0 Å². The second-order valence-electron chi connectivity index (χ2n) is 5.56. The first kappa shape index (κ1) is 18.4. The van der Waals surface area contributed by atoms with Crippen molar-refractivity contribution in [1.29, 1.82) is 0 Å². The molecule has 1 aromatic carbocycles. The van der Waals surface area contributed by atoms with E-state index in [9.17, 15) is 9.59 Å². The third kappa shape index (κ3) is 4.31. The van der Waals surface area contributed by atoms with Gasteiger partial charge < -0.3 is 16.4 Å². The minimum atomic E-state index is -0.302. The fraction of sp³-hybridized carbons (Fsp3) is 0.312. The van der Waals surface area contributed by atoms with Crippen LogP contribution in [0.15, 0.2) is 23.6 Å². The highest BCUT2D eigenvalue weighted by Crippen LogP contribution is 2.22. The zero-order valence-corrected chi connectivity index (χ0v) is 14.8. The molecule has 0 atom stereocenters. The molecule has 24 heavy (non-hydrogen) atoms. The van der Waals surface area contributed by atoms with Gasteiger partial charge in [-0.1, -0.05) is 6.07 Å². The number of halogens is 1. The molecule has 2 aromatic rings. The minimum absolute atomic E-state index is 0. The van der Waals surface area contributed by atoms with Crippen LogP contribution in [0.5, 0.6) is 0 Å². The third-order valence-electron chi connectivity index (χ3n) is 3.62. The average Bonchev–Trinajstić information content (AvgIpc) is 3.22. The molecule has 1 aliphatic rings. The molecular weight excluding hydrogens is 348 g/mol. The summed E-state index contributed by atoms with van der Waals surface area (Å²) in [4.78, 5) is 28.5. The van der Waals surface area contributed by atoms with E-state index in [-0.39, 0.29) is 24.2 Å². The van der Waals surface area contributed by atoms with Gasteiger partial charge >= 0.3 is 0 Å². The lowest BCUT2D eigenvalue weighted by atomic mass is 10.1. The molecule has 4 N–H and O–H groups in total. The molecule has 1 saturated carbocycles. The van der Waals surface area contributed by atoms with Crippen LogP contribution in [-0.2, 0) is 6.54 Å². The van der Waals surface area contributed by atoms with E-state index in [1.54, 1.807) is 17.5 Å². The molecule has 0 unspecified atom stereocenters. The van der Waals surface area contributed by atoms with E-state index >= 15 is 0 Å². The number of carbonyl (C=O) groups excluding carboxylic acids is 2. The molecule has 0 bridgehead atoms. The number of thiazole rings is 1. The first-order chi connectivity index (χ1) is 11.1. The Bertz CT molecular complexity index is 758. The second-order valence-corrected chi connectivity index (χ2v) is 6.50. The zero-order valence-electron chi connectivity index (χ0n) is 13.2. The summed E-state index contributed by atoms with van der Waals surface area (Å²) >= 11 is 1.35. The van der Waals surface area contributed by atoms with E-state index in [0.717, 1.165) is 18.4 Å². The predicted molar refractivity (Wildman–Crippen MR) is 96.9 cm³/mol. The van der Waals surface area contributed by atoms with E-state index in [1.807, 2.05) is 13.0 Å². The van der Waals surface area contributed by atoms with Crippen molar-refractivity contribution >= 4 is 41.2 Å². The van der Waals surface area contributed by atoms with Gasteiger partial charge in [-0.2, -0.15) is 0 Å². The molecular formula is C16H19ClN4O2S. The van der Waals surface area contributed by atoms with Crippen LogP contribution >= 0.6 is 23.7 Å². The van der Waals surface area contributed by atoms with Gasteiger partial charge in [0.15, 0.2) is 0 Å². The maximum absolute atomic E-state index is 12.3. The van der Waals surface area contributed by atoms with Gasteiger partial charge in [-0.3, -0.25) is 9.59 Å². The largest absolute Gasteiger partial charge is 0.349 e. The number of amides is 2. The van der Waals surface area contributed by atoms with Gasteiger partial charge in [-0.05, 0) is 37.5 Å². The first-order valence-corrected chi connectivity index (χ1v) is 8.32. The molecule has 2 amide bonds. The quantitative estimate of drug-likeness (QED) is 0.757. The van der Waals surface area contributed by atoms with Crippen LogP contribution in [0.25, 0.3) is 0 Å². The Labute approximate surface area is 150 Å². The normalized spacial score (nSPS) is 13.1. The van der Waals surface area contributed by atoms with Gasteiger partial charge in [0.25, 0.3) is 11.8 Å². The van der Waals surface area contributed by atoms with E-state index < -0.39 is 0 Å². The Kier molecular flexibility index (Phi) is 5.93. The van der Waals surface area contributed by atoms with Crippen LogP contribution in [0.3, 0.4) is 0 Å². The second kappa shape index (κ2) is 7.74. The first-order valence-electron chi connectivity index (χ1n) is 7.44. The number of benzene rings is 1. The van der Waals surface area contributed by atoms with Gasteiger partial charge in [0.05, 0.1) is 0 Å². The molecule has 0 saturated heterocycles. The number of hydrogen-bond acceptors (Lipinski definition) is 5. The van der Waals surface area contributed by atoms with Crippen LogP contribution in [0.2, 0.25) is 0 Å².